The Balaban J connectivity index is 1.91. The van der Waals surface area contributed by atoms with Gasteiger partial charge in [0.25, 0.3) is 0 Å². The van der Waals surface area contributed by atoms with E-state index in [-0.39, 0.29) is 6.61 Å². The topological polar surface area (TPSA) is 85.2 Å². The predicted octanol–water partition coefficient (Wildman–Crippen LogP) is 2.40. The molecule has 102 valence electrons. The van der Waals surface area contributed by atoms with E-state index in [4.69, 9.17) is 27.0 Å². The van der Waals surface area contributed by atoms with E-state index in [0.717, 1.165) is 4.90 Å². The second kappa shape index (κ2) is 6.91. The van der Waals surface area contributed by atoms with Crippen LogP contribution in [0.25, 0.3) is 0 Å². The molecule has 2 aromatic rings. The first-order chi connectivity index (χ1) is 9.19. The van der Waals surface area contributed by atoms with Gasteiger partial charge in [0.2, 0.25) is 5.89 Å². The summed E-state index contributed by atoms with van der Waals surface area (Å²) in [4.78, 5) is 5.28. The number of hydrogen-bond donors (Lipinski definition) is 2. The molecule has 1 aromatic heterocycles. The summed E-state index contributed by atoms with van der Waals surface area (Å²) in [5, 5.41) is 13.4. The third-order valence-corrected chi connectivity index (χ3v) is 3.68. The van der Waals surface area contributed by atoms with Crippen molar-refractivity contribution in [2.75, 3.05) is 6.61 Å². The molecular weight excluding hydrogens is 286 g/mol. The molecule has 0 saturated heterocycles. The van der Waals surface area contributed by atoms with Crippen molar-refractivity contribution < 1.29 is 9.63 Å². The molecule has 3 N–H and O–H groups in total. The van der Waals surface area contributed by atoms with Crippen molar-refractivity contribution in [1.29, 1.82) is 0 Å². The zero-order valence-corrected chi connectivity index (χ0v) is 11.7. The summed E-state index contributed by atoms with van der Waals surface area (Å²) >= 11 is 7.40. The SMILES string of the molecule is NC(CCO)c1nc(CSc2ccc(Cl)cc2)no1. The maximum Gasteiger partial charge on any atom is 0.243 e. The van der Waals surface area contributed by atoms with Gasteiger partial charge in [-0.3, -0.25) is 0 Å². The van der Waals surface area contributed by atoms with Gasteiger partial charge >= 0.3 is 0 Å². The van der Waals surface area contributed by atoms with Crippen LogP contribution in [0, 0.1) is 0 Å². The number of rotatable bonds is 6. The van der Waals surface area contributed by atoms with Crippen LogP contribution in [0.5, 0.6) is 0 Å². The first-order valence-corrected chi connectivity index (χ1v) is 7.12. The third-order valence-electron chi connectivity index (χ3n) is 2.42. The number of hydrogen-bond acceptors (Lipinski definition) is 6. The van der Waals surface area contributed by atoms with Crippen molar-refractivity contribution in [3.63, 3.8) is 0 Å². The number of benzene rings is 1. The van der Waals surface area contributed by atoms with Crippen LogP contribution in [0.1, 0.15) is 24.2 Å². The molecule has 0 aliphatic heterocycles. The second-order valence-corrected chi connectivity index (χ2v) is 5.40. The third kappa shape index (κ3) is 4.21. The number of aliphatic hydroxyl groups excluding tert-OH is 1. The Labute approximate surface area is 120 Å². The first kappa shape index (κ1) is 14.3. The average molecular weight is 300 g/mol. The van der Waals surface area contributed by atoms with Crippen LogP contribution in [0.2, 0.25) is 5.02 Å². The molecule has 0 aliphatic carbocycles. The van der Waals surface area contributed by atoms with E-state index in [2.05, 4.69) is 10.1 Å². The summed E-state index contributed by atoms with van der Waals surface area (Å²) in [6.07, 6.45) is 0.409. The Hall–Kier alpha value is -1.08. The highest BCUT2D eigenvalue weighted by molar-refractivity contribution is 7.98. The molecule has 1 atom stereocenters. The smallest absolute Gasteiger partial charge is 0.243 e. The molecule has 7 heteroatoms. The fourth-order valence-electron chi connectivity index (χ4n) is 1.42. The Kier molecular flexibility index (Phi) is 5.21. The van der Waals surface area contributed by atoms with Crippen LogP contribution in [0.3, 0.4) is 0 Å². The maximum absolute atomic E-state index is 8.79. The lowest BCUT2D eigenvalue weighted by molar-refractivity contribution is 0.259. The zero-order valence-electron chi connectivity index (χ0n) is 10.1. The summed E-state index contributed by atoms with van der Waals surface area (Å²) in [6, 6.07) is 7.13. The minimum Gasteiger partial charge on any atom is -0.396 e. The van der Waals surface area contributed by atoms with Gasteiger partial charge in [0.1, 0.15) is 0 Å². The standard InChI is InChI=1S/C12H14ClN3O2S/c13-8-1-3-9(4-2-8)19-7-11-15-12(18-16-11)10(14)5-6-17/h1-4,10,17H,5-7,14H2. The molecule has 0 aliphatic rings. The lowest BCUT2D eigenvalue weighted by atomic mass is 10.2. The minimum atomic E-state index is -0.410. The summed E-state index contributed by atoms with van der Waals surface area (Å²) in [6.45, 7) is -0.00158. The van der Waals surface area contributed by atoms with Crippen LogP contribution in [0.4, 0.5) is 0 Å². The van der Waals surface area contributed by atoms with Crippen molar-refractivity contribution in [2.24, 2.45) is 5.73 Å². The van der Waals surface area contributed by atoms with Gasteiger partial charge in [-0.2, -0.15) is 4.98 Å². The Bertz CT molecular complexity index is 518. The highest BCUT2D eigenvalue weighted by atomic mass is 35.5. The summed E-state index contributed by atoms with van der Waals surface area (Å²) in [5.74, 6) is 1.54. The molecule has 0 amide bonds. The molecule has 5 nitrogen and oxygen atoms in total. The zero-order chi connectivity index (χ0) is 13.7. The van der Waals surface area contributed by atoms with Gasteiger partial charge in [-0.05, 0) is 30.7 Å². The summed E-state index contributed by atoms with van der Waals surface area (Å²) in [7, 11) is 0. The second-order valence-electron chi connectivity index (χ2n) is 3.91. The molecule has 0 radical (unpaired) electrons. The maximum atomic E-state index is 8.79. The summed E-state index contributed by atoms with van der Waals surface area (Å²) < 4.78 is 5.05. The predicted molar refractivity (Wildman–Crippen MR) is 73.9 cm³/mol. The van der Waals surface area contributed by atoms with Gasteiger partial charge in [-0.15, -0.1) is 11.8 Å². The molecular formula is C12H14ClN3O2S. The minimum absolute atomic E-state index is 0.00158. The van der Waals surface area contributed by atoms with E-state index in [1.54, 1.807) is 11.8 Å². The number of nitrogens with two attached hydrogens (primary N) is 1. The largest absolute Gasteiger partial charge is 0.396 e. The number of halogens is 1. The molecule has 0 spiro atoms. The van der Waals surface area contributed by atoms with Crippen molar-refractivity contribution in [1.82, 2.24) is 10.1 Å². The highest BCUT2D eigenvalue weighted by Gasteiger charge is 2.14. The van der Waals surface area contributed by atoms with E-state index in [1.165, 1.54) is 0 Å². The number of thioether (sulfide) groups is 1. The van der Waals surface area contributed by atoms with Gasteiger partial charge in [-0.1, -0.05) is 16.8 Å². The average Bonchev–Trinajstić information content (AvgIpc) is 2.87. The lowest BCUT2D eigenvalue weighted by Crippen LogP contribution is -2.12. The van der Waals surface area contributed by atoms with E-state index in [0.29, 0.717) is 28.9 Å². The van der Waals surface area contributed by atoms with Crippen molar-refractivity contribution in [3.05, 3.63) is 41.0 Å². The van der Waals surface area contributed by atoms with Gasteiger partial charge < -0.3 is 15.4 Å². The molecule has 1 heterocycles. The molecule has 1 unspecified atom stereocenters. The number of aliphatic hydroxyl groups is 1. The van der Waals surface area contributed by atoms with Crippen LogP contribution < -0.4 is 5.73 Å². The van der Waals surface area contributed by atoms with E-state index in [9.17, 15) is 0 Å². The Morgan fingerprint density at radius 2 is 2.11 bits per heavy atom. The van der Waals surface area contributed by atoms with Crippen molar-refractivity contribution in [3.8, 4) is 0 Å². The van der Waals surface area contributed by atoms with Crippen LogP contribution in [-0.4, -0.2) is 21.9 Å². The lowest BCUT2D eigenvalue weighted by Gasteiger charge is -2.01. The van der Waals surface area contributed by atoms with Crippen molar-refractivity contribution in [2.45, 2.75) is 23.1 Å². The molecule has 0 fully saturated rings. The van der Waals surface area contributed by atoms with E-state index in [1.807, 2.05) is 24.3 Å². The van der Waals surface area contributed by atoms with Gasteiger partial charge in [0.05, 0.1) is 11.8 Å². The molecule has 1 aromatic carbocycles. The molecule has 2 rings (SSSR count). The van der Waals surface area contributed by atoms with Gasteiger partial charge in [0, 0.05) is 16.5 Å². The highest BCUT2D eigenvalue weighted by Crippen LogP contribution is 2.23. The Morgan fingerprint density at radius 3 is 2.79 bits per heavy atom. The van der Waals surface area contributed by atoms with E-state index < -0.39 is 6.04 Å². The van der Waals surface area contributed by atoms with Crippen LogP contribution in [0.15, 0.2) is 33.7 Å². The summed E-state index contributed by atoms with van der Waals surface area (Å²) in [5.41, 5.74) is 5.77. The first-order valence-electron chi connectivity index (χ1n) is 5.76. The quantitative estimate of drug-likeness (QED) is 0.797. The van der Waals surface area contributed by atoms with Crippen LogP contribution >= 0.6 is 23.4 Å². The normalized spacial score (nSPS) is 12.6. The molecule has 19 heavy (non-hydrogen) atoms. The number of nitrogens with zero attached hydrogens (tertiary/aromatic N) is 2. The van der Waals surface area contributed by atoms with E-state index >= 15 is 0 Å². The fourth-order valence-corrected chi connectivity index (χ4v) is 2.29. The van der Waals surface area contributed by atoms with Gasteiger partial charge in [-0.25, -0.2) is 0 Å². The molecule has 0 bridgehead atoms. The van der Waals surface area contributed by atoms with Gasteiger partial charge in [0.15, 0.2) is 5.82 Å². The monoisotopic (exact) mass is 299 g/mol. The van der Waals surface area contributed by atoms with Crippen molar-refractivity contribution >= 4 is 23.4 Å². The number of aromatic nitrogens is 2. The fraction of sp³-hybridized carbons (Fsp3) is 0.333. The van der Waals surface area contributed by atoms with Crippen LogP contribution in [-0.2, 0) is 5.75 Å². The Morgan fingerprint density at radius 1 is 1.37 bits per heavy atom. The molecule has 0 saturated carbocycles.